The number of nitrogens with one attached hydrogen (secondary N) is 1. The van der Waals surface area contributed by atoms with Gasteiger partial charge in [0.25, 0.3) is 0 Å². The Balaban J connectivity index is 1.86. The zero-order valence-electron chi connectivity index (χ0n) is 16.9. The van der Waals surface area contributed by atoms with Crippen LogP contribution in [0.5, 0.6) is 0 Å². The van der Waals surface area contributed by atoms with Gasteiger partial charge in [-0.15, -0.1) is 0 Å². The number of hydrogen-bond acceptors (Lipinski definition) is 3. The van der Waals surface area contributed by atoms with E-state index in [1.807, 2.05) is 12.1 Å². The normalized spacial score (nSPS) is 16.7. The van der Waals surface area contributed by atoms with Crippen LogP contribution in [0.2, 0.25) is 0 Å². The van der Waals surface area contributed by atoms with Gasteiger partial charge in [-0.05, 0) is 74.1 Å². The lowest BCUT2D eigenvalue weighted by atomic mass is 9.76. The second-order valence-corrected chi connectivity index (χ2v) is 8.45. The maximum absolute atomic E-state index is 11.0. The predicted molar refractivity (Wildman–Crippen MR) is 112 cm³/mol. The quantitative estimate of drug-likeness (QED) is 0.738. The molecule has 2 N–H and O–H groups in total. The van der Waals surface area contributed by atoms with Gasteiger partial charge in [0.05, 0.1) is 5.56 Å². The Kier molecular flexibility index (Phi) is 5.18. The Morgan fingerprint density at radius 2 is 1.78 bits per heavy atom. The predicted octanol–water partition coefficient (Wildman–Crippen LogP) is 5.45. The monoisotopic (exact) mass is 366 g/mol. The van der Waals surface area contributed by atoms with Crippen LogP contribution in [0, 0.1) is 0 Å². The van der Waals surface area contributed by atoms with Crippen LogP contribution in [0.25, 0.3) is 0 Å². The molecule has 0 aliphatic carbocycles. The van der Waals surface area contributed by atoms with Crippen molar-refractivity contribution < 1.29 is 9.90 Å². The van der Waals surface area contributed by atoms with E-state index < -0.39 is 5.97 Å². The van der Waals surface area contributed by atoms with Crippen LogP contribution in [0.1, 0.15) is 68.6 Å². The Bertz CT molecular complexity index is 825. The third kappa shape index (κ3) is 3.95. The second-order valence-electron chi connectivity index (χ2n) is 8.45. The van der Waals surface area contributed by atoms with Gasteiger partial charge in [-0.1, -0.05) is 26.0 Å². The van der Waals surface area contributed by atoms with Crippen molar-refractivity contribution in [2.75, 3.05) is 16.8 Å². The molecular weight excluding hydrogens is 336 g/mol. The number of carbonyl (C=O) groups is 1. The van der Waals surface area contributed by atoms with Gasteiger partial charge in [-0.2, -0.15) is 0 Å². The molecule has 0 radical (unpaired) electrons. The number of anilines is 2. The van der Waals surface area contributed by atoms with Crippen molar-refractivity contribution in [1.82, 2.24) is 0 Å². The standard InChI is InChI=1S/C23H30N2O2/c1-15(2)25-13-12-23(4,5)20-11-8-18(14-21(20)25)16(3)24-19-9-6-17(7-10-19)22(26)27/h6-11,14-16,24H,12-13H2,1-5H3,(H,26,27). The first-order valence-corrected chi connectivity index (χ1v) is 9.70. The highest BCUT2D eigenvalue weighted by Crippen LogP contribution is 2.41. The van der Waals surface area contributed by atoms with Crippen LogP contribution in [-0.2, 0) is 5.41 Å². The molecular formula is C23H30N2O2. The molecule has 0 bridgehead atoms. The molecule has 4 heteroatoms. The van der Waals surface area contributed by atoms with Crippen molar-refractivity contribution in [2.45, 2.75) is 58.5 Å². The van der Waals surface area contributed by atoms with E-state index in [4.69, 9.17) is 5.11 Å². The number of hydrogen-bond donors (Lipinski definition) is 2. The average molecular weight is 367 g/mol. The van der Waals surface area contributed by atoms with Crippen molar-refractivity contribution >= 4 is 17.3 Å². The molecule has 1 heterocycles. The fraction of sp³-hybridized carbons (Fsp3) is 0.435. The minimum Gasteiger partial charge on any atom is -0.478 e. The van der Waals surface area contributed by atoms with Gasteiger partial charge in [0.15, 0.2) is 0 Å². The molecule has 1 aliphatic rings. The average Bonchev–Trinajstić information content (AvgIpc) is 2.61. The highest BCUT2D eigenvalue weighted by molar-refractivity contribution is 5.88. The summed E-state index contributed by atoms with van der Waals surface area (Å²) >= 11 is 0. The summed E-state index contributed by atoms with van der Waals surface area (Å²) < 4.78 is 0. The number of rotatable bonds is 5. The van der Waals surface area contributed by atoms with E-state index in [-0.39, 0.29) is 11.5 Å². The molecule has 0 aromatic heterocycles. The molecule has 1 atom stereocenters. The minimum absolute atomic E-state index is 0.130. The number of nitrogens with zero attached hydrogens (tertiary/aromatic N) is 1. The molecule has 0 spiro atoms. The number of carboxylic acid groups (broad SMARTS) is 1. The maximum Gasteiger partial charge on any atom is 0.335 e. The number of carboxylic acids is 1. The molecule has 1 aliphatic heterocycles. The highest BCUT2D eigenvalue weighted by Gasteiger charge is 2.32. The van der Waals surface area contributed by atoms with E-state index in [0.29, 0.717) is 11.6 Å². The molecule has 144 valence electrons. The minimum atomic E-state index is -0.902. The molecule has 2 aromatic carbocycles. The highest BCUT2D eigenvalue weighted by atomic mass is 16.4. The fourth-order valence-electron chi connectivity index (χ4n) is 3.86. The summed E-state index contributed by atoms with van der Waals surface area (Å²) in [7, 11) is 0. The third-order valence-corrected chi connectivity index (χ3v) is 5.68. The van der Waals surface area contributed by atoms with Gasteiger partial charge in [0, 0.05) is 30.0 Å². The molecule has 0 amide bonds. The maximum atomic E-state index is 11.0. The van der Waals surface area contributed by atoms with Crippen LogP contribution in [-0.4, -0.2) is 23.7 Å². The Hall–Kier alpha value is -2.49. The van der Waals surface area contributed by atoms with Gasteiger partial charge < -0.3 is 15.3 Å². The van der Waals surface area contributed by atoms with E-state index in [9.17, 15) is 4.79 Å². The molecule has 2 aromatic rings. The van der Waals surface area contributed by atoms with E-state index in [1.165, 1.54) is 23.2 Å². The lowest BCUT2D eigenvalue weighted by molar-refractivity contribution is 0.0697. The molecule has 4 nitrogen and oxygen atoms in total. The largest absolute Gasteiger partial charge is 0.478 e. The van der Waals surface area contributed by atoms with E-state index >= 15 is 0 Å². The van der Waals surface area contributed by atoms with Gasteiger partial charge in [0.1, 0.15) is 0 Å². The number of aromatic carboxylic acids is 1. The summed E-state index contributed by atoms with van der Waals surface area (Å²) in [5.74, 6) is -0.902. The molecule has 0 saturated carbocycles. The fourth-order valence-corrected chi connectivity index (χ4v) is 3.86. The molecule has 3 rings (SSSR count). The Labute approximate surface area is 162 Å². The first kappa shape index (κ1) is 19.3. The van der Waals surface area contributed by atoms with Gasteiger partial charge in [0.2, 0.25) is 0 Å². The molecule has 0 fully saturated rings. The van der Waals surface area contributed by atoms with Gasteiger partial charge >= 0.3 is 5.97 Å². The topological polar surface area (TPSA) is 52.6 Å². The van der Waals surface area contributed by atoms with Gasteiger partial charge in [-0.3, -0.25) is 0 Å². The zero-order valence-corrected chi connectivity index (χ0v) is 16.9. The van der Waals surface area contributed by atoms with Crippen molar-refractivity contribution in [2.24, 2.45) is 0 Å². The lowest BCUT2D eigenvalue weighted by Gasteiger charge is -2.42. The smallest absolute Gasteiger partial charge is 0.335 e. The third-order valence-electron chi connectivity index (χ3n) is 5.68. The Morgan fingerprint density at radius 1 is 1.11 bits per heavy atom. The molecule has 0 saturated heterocycles. The van der Waals surface area contributed by atoms with E-state index in [1.54, 1.807) is 12.1 Å². The lowest BCUT2D eigenvalue weighted by Crippen LogP contribution is -2.41. The molecule has 1 unspecified atom stereocenters. The summed E-state index contributed by atoms with van der Waals surface area (Å²) in [5, 5.41) is 12.5. The van der Waals surface area contributed by atoms with Crippen molar-refractivity contribution in [3.63, 3.8) is 0 Å². The first-order chi connectivity index (χ1) is 12.7. The van der Waals surface area contributed by atoms with Crippen molar-refractivity contribution in [3.05, 3.63) is 59.2 Å². The molecule has 27 heavy (non-hydrogen) atoms. The summed E-state index contributed by atoms with van der Waals surface area (Å²) in [6.45, 7) is 12.4. The van der Waals surface area contributed by atoms with Crippen LogP contribution >= 0.6 is 0 Å². The summed E-state index contributed by atoms with van der Waals surface area (Å²) in [6, 6.07) is 14.3. The zero-order chi connectivity index (χ0) is 19.8. The van der Waals surface area contributed by atoms with Crippen LogP contribution in [0.3, 0.4) is 0 Å². The Morgan fingerprint density at radius 3 is 2.37 bits per heavy atom. The SMILES string of the molecule is CC(Nc1ccc(C(=O)O)cc1)c1ccc2c(c1)N(C(C)C)CCC2(C)C. The van der Waals surface area contributed by atoms with Crippen LogP contribution in [0.4, 0.5) is 11.4 Å². The number of benzene rings is 2. The van der Waals surface area contributed by atoms with E-state index in [0.717, 1.165) is 12.2 Å². The van der Waals surface area contributed by atoms with Crippen LogP contribution < -0.4 is 10.2 Å². The van der Waals surface area contributed by atoms with E-state index in [2.05, 4.69) is 63.0 Å². The second kappa shape index (κ2) is 7.26. The summed E-state index contributed by atoms with van der Waals surface area (Å²) in [6.07, 6.45) is 1.17. The van der Waals surface area contributed by atoms with Gasteiger partial charge in [-0.25, -0.2) is 4.79 Å². The van der Waals surface area contributed by atoms with Crippen molar-refractivity contribution in [1.29, 1.82) is 0 Å². The first-order valence-electron chi connectivity index (χ1n) is 9.70. The summed E-state index contributed by atoms with van der Waals surface area (Å²) in [5.41, 5.74) is 5.42. The van der Waals surface area contributed by atoms with Crippen LogP contribution in [0.15, 0.2) is 42.5 Å². The summed E-state index contributed by atoms with van der Waals surface area (Å²) in [4.78, 5) is 13.5. The van der Waals surface area contributed by atoms with Crippen molar-refractivity contribution in [3.8, 4) is 0 Å². The number of fused-ring (bicyclic) bond motifs is 1.